The number of nitrogens with zero attached hydrogens (tertiary/aromatic N) is 1. The van der Waals surface area contributed by atoms with Gasteiger partial charge < -0.3 is 13.9 Å². The van der Waals surface area contributed by atoms with Gasteiger partial charge in [0.05, 0.1) is 18.4 Å². The van der Waals surface area contributed by atoms with Crippen molar-refractivity contribution in [2.24, 2.45) is 0 Å². The molecule has 0 atom stereocenters. The fourth-order valence-corrected chi connectivity index (χ4v) is 2.79. The zero-order chi connectivity index (χ0) is 19.9. The van der Waals surface area contributed by atoms with Crippen LogP contribution in [-0.4, -0.2) is 11.6 Å². The van der Waals surface area contributed by atoms with Gasteiger partial charge in [0.1, 0.15) is 29.6 Å². The molecule has 0 saturated heterocycles. The van der Waals surface area contributed by atoms with Gasteiger partial charge in [0, 0.05) is 0 Å². The maximum atomic E-state index is 13.9. The first kappa shape index (κ1) is 19.7. The highest BCUT2D eigenvalue weighted by molar-refractivity contribution is 5.54. The topological polar surface area (TPSA) is 44.5 Å². The highest BCUT2D eigenvalue weighted by Crippen LogP contribution is 2.25. The van der Waals surface area contributed by atoms with Gasteiger partial charge in [-0.15, -0.1) is 0 Å². The number of aromatic nitrogens is 1. The predicted octanol–water partition coefficient (Wildman–Crippen LogP) is 5.77. The number of aryl methyl sites for hydroxylation is 2. The van der Waals surface area contributed by atoms with Crippen LogP contribution >= 0.6 is 0 Å². The Morgan fingerprint density at radius 2 is 1.96 bits per heavy atom. The highest BCUT2D eigenvalue weighted by atomic mass is 19.1. The van der Waals surface area contributed by atoms with E-state index in [2.05, 4.69) is 4.98 Å². The van der Waals surface area contributed by atoms with Gasteiger partial charge in [0.15, 0.2) is 0 Å². The first-order valence-corrected chi connectivity index (χ1v) is 9.28. The summed E-state index contributed by atoms with van der Waals surface area (Å²) in [5.41, 5.74) is 3.35. The molecule has 5 heteroatoms. The van der Waals surface area contributed by atoms with E-state index in [1.54, 1.807) is 31.4 Å². The Morgan fingerprint density at radius 1 is 1.14 bits per heavy atom. The van der Waals surface area contributed by atoms with Crippen LogP contribution in [0.25, 0.3) is 11.5 Å². The van der Waals surface area contributed by atoms with E-state index >= 15 is 0 Å². The van der Waals surface area contributed by atoms with Crippen LogP contribution in [0.4, 0.5) is 4.39 Å². The molecule has 3 aromatic rings. The molecule has 0 aliphatic heterocycles. The second kappa shape index (κ2) is 9.22. The van der Waals surface area contributed by atoms with Gasteiger partial charge in [0.25, 0.3) is 0 Å². The summed E-state index contributed by atoms with van der Waals surface area (Å²) in [5, 5.41) is 0. The van der Waals surface area contributed by atoms with Crippen LogP contribution in [0, 0.1) is 19.7 Å². The number of hydrogen-bond donors (Lipinski definition) is 0. The smallest absolute Gasteiger partial charge is 0.229 e. The summed E-state index contributed by atoms with van der Waals surface area (Å²) in [7, 11) is 0. The third-order valence-electron chi connectivity index (χ3n) is 4.38. The molecular weight excluding hydrogens is 357 g/mol. The average molecular weight is 381 g/mol. The summed E-state index contributed by atoms with van der Waals surface area (Å²) < 4.78 is 30.6. The van der Waals surface area contributed by atoms with E-state index < -0.39 is 0 Å². The van der Waals surface area contributed by atoms with Crippen molar-refractivity contribution in [1.82, 2.24) is 4.98 Å². The molecule has 0 unspecified atom stereocenters. The van der Waals surface area contributed by atoms with Gasteiger partial charge in [-0.25, -0.2) is 9.37 Å². The number of hydrogen-bond acceptors (Lipinski definition) is 4. The largest absolute Gasteiger partial charge is 0.502 e. The Labute approximate surface area is 164 Å². The molecule has 0 N–H and O–H groups in total. The minimum atomic E-state index is -0.360. The maximum absolute atomic E-state index is 13.9. The summed E-state index contributed by atoms with van der Waals surface area (Å²) in [6.45, 7) is 6.73. The quantitative estimate of drug-likeness (QED) is 0.465. The SMILES string of the molecule is CCOC=CCc1ccc(OCc2nc(-c3ccccc3F)oc2C)cc1C. The lowest BCUT2D eigenvalue weighted by Gasteiger charge is -2.08. The van der Waals surface area contributed by atoms with Gasteiger partial charge in [-0.3, -0.25) is 0 Å². The molecule has 0 aliphatic carbocycles. The van der Waals surface area contributed by atoms with Crippen LogP contribution in [0.15, 0.2) is 59.2 Å². The number of benzene rings is 2. The average Bonchev–Trinajstić information content (AvgIpc) is 3.05. The Bertz CT molecular complexity index is 962. The highest BCUT2D eigenvalue weighted by Gasteiger charge is 2.15. The fourth-order valence-electron chi connectivity index (χ4n) is 2.79. The van der Waals surface area contributed by atoms with E-state index in [0.29, 0.717) is 23.6 Å². The van der Waals surface area contributed by atoms with Gasteiger partial charge in [0.2, 0.25) is 5.89 Å². The van der Waals surface area contributed by atoms with E-state index in [4.69, 9.17) is 13.9 Å². The van der Waals surface area contributed by atoms with Crippen LogP contribution in [0.1, 0.15) is 29.5 Å². The zero-order valence-corrected chi connectivity index (χ0v) is 16.4. The Kier molecular flexibility index (Phi) is 6.48. The van der Waals surface area contributed by atoms with E-state index in [1.807, 2.05) is 38.1 Å². The minimum Gasteiger partial charge on any atom is -0.502 e. The Balaban J connectivity index is 1.66. The second-order valence-corrected chi connectivity index (χ2v) is 6.41. The molecule has 0 radical (unpaired) electrons. The first-order chi connectivity index (χ1) is 13.6. The number of ether oxygens (including phenoxy) is 2. The molecule has 28 heavy (non-hydrogen) atoms. The van der Waals surface area contributed by atoms with E-state index in [0.717, 1.165) is 17.7 Å². The molecule has 0 saturated carbocycles. The molecule has 0 amide bonds. The number of oxazole rings is 1. The summed E-state index contributed by atoms with van der Waals surface area (Å²) >= 11 is 0. The van der Waals surface area contributed by atoms with E-state index in [1.165, 1.54) is 11.6 Å². The van der Waals surface area contributed by atoms with Crippen LogP contribution in [0.2, 0.25) is 0 Å². The molecule has 0 fully saturated rings. The van der Waals surface area contributed by atoms with Crippen molar-refractivity contribution in [2.45, 2.75) is 33.8 Å². The van der Waals surface area contributed by atoms with Crippen molar-refractivity contribution in [3.05, 3.63) is 83.2 Å². The van der Waals surface area contributed by atoms with Crippen molar-refractivity contribution in [2.75, 3.05) is 6.61 Å². The molecule has 2 aromatic carbocycles. The maximum Gasteiger partial charge on any atom is 0.229 e. The lowest BCUT2D eigenvalue weighted by atomic mass is 10.1. The second-order valence-electron chi connectivity index (χ2n) is 6.41. The van der Waals surface area contributed by atoms with Crippen molar-refractivity contribution >= 4 is 0 Å². The summed E-state index contributed by atoms with van der Waals surface area (Å²) in [6.07, 6.45) is 4.53. The molecule has 146 valence electrons. The standard InChI is InChI=1S/C23H24FNO3/c1-4-26-13-7-8-18-11-12-19(14-16(18)2)27-15-22-17(3)28-23(25-22)20-9-5-6-10-21(20)24/h5-7,9-14H,4,8,15H2,1-3H3. The fraction of sp³-hybridized carbons (Fsp3) is 0.261. The molecule has 1 aromatic heterocycles. The Morgan fingerprint density at radius 3 is 2.71 bits per heavy atom. The summed E-state index contributed by atoms with van der Waals surface area (Å²) in [5.74, 6) is 1.28. The van der Waals surface area contributed by atoms with Crippen molar-refractivity contribution in [1.29, 1.82) is 0 Å². The normalized spacial score (nSPS) is 11.1. The van der Waals surface area contributed by atoms with Crippen molar-refractivity contribution < 1.29 is 18.3 Å². The van der Waals surface area contributed by atoms with Crippen molar-refractivity contribution in [3.63, 3.8) is 0 Å². The number of allylic oxidation sites excluding steroid dienone is 1. The van der Waals surface area contributed by atoms with Crippen LogP contribution in [0.5, 0.6) is 5.75 Å². The molecular formula is C23H24FNO3. The van der Waals surface area contributed by atoms with Gasteiger partial charge in [-0.2, -0.15) is 0 Å². The van der Waals surface area contributed by atoms with Gasteiger partial charge in [-0.1, -0.05) is 18.2 Å². The minimum absolute atomic E-state index is 0.257. The van der Waals surface area contributed by atoms with Gasteiger partial charge >= 0.3 is 0 Å². The third kappa shape index (κ3) is 4.80. The number of rotatable bonds is 8. The monoisotopic (exact) mass is 381 g/mol. The molecule has 0 aliphatic rings. The van der Waals surface area contributed by atoms with E-state index in [-0.39, 0.29) is 18.3 Å². The van der Waals surface area contributed by atoms with E-state index in [9.17, 15) is 4.39 Å². The molecule has 1 heterocycles. The van der Waals surface area contributed by atoms with Crippen molar-refractivity contribution in [3.8, 4) is 17.2 Å². The van der Waals surface area contributed by atoms with Gasteiger partial charge in [-0.05, 0) is 68.7 Å². The molecule has 3 rings (SSSR count). The molecule has 0 bridgehead atoms. The van der Waals surface area contributed by atoms with Crippen LogP contribution < -0.4 is 4.74 Å². The Hall–Kier alpha value is -3.08. The third-order valence-corrected chi connectivity index (χ3v) is 4.38. The summed E-state index contributed by atoms with van der Waals surface area (Å²) in [6, 6.07) is 12.4. The molecule has 4 nitrogen and oxygen atoms in total. The van der Waals surface area contributed by atoms with Crippen LogP contribution in [-0.2, 0) is 17.8 Å². The number of halogens is 1. The zero-order valence-electron chi connectivity index (χ0n) is 16.4. The lowest BCUT2D eigenvalue weighted by Crippen LogP contribution is -1.99. The lowest BCUT2D eigenvalue weighted by molar-refractivity contribution is 0.268. The predicted molar refractivity (Wildman–Crippen MR) is 107 cm³/mol. The van der Waals surface area contributed by atoms with Crippen LogP contribution in [0.3, 0.4) is 0 Å². The molecule has 0 spiro atoms. The first-order valence-electron chi connectivity index (χ1n) is 9.28. The summed E-state index contributed by atoms with van der Waals surface area (Å²) in [4.78, 5) is 4.40.